The van der Waals surface area contributed by atoms with Gasteiger partial charge in [-0.25, -0.2) is 8.96 Å². The summed E-state index contributed by atoms with van der Waals surface area (Å²) in [4.78, 5) is 26.0. The van der Waals surface area contributed by atoms with Crippen molar-refractivity contribution in [3.8, 4) is 5.75 Å². The van der Waals surface area contributed by atoms with E-state index in [1.54, 1.807) is 37.3 Å². The van der Waals surface area contributed by atoms with Crippen LogP contribution in [-0.4, -0.2) is 65.2 Å². The summed E-state index contributed by atoms with van der Waals surface area (Å²) in [6.45, 7) is 6.46. The molecule has 0 spiro atoms. The second kappa shape index (κ2) is 11.4. The Kier molecular flexibility index (Phi) is 8.50. The molecule has 1 saturated heterocycles. The maximum absolute atomic E-state index is 15.0. The smallest absolute Gasteiger partial charge is 0.459 e. The number of esters is 1. The first-order chi connectivity index (χ1) is 17.6. The number of carbonyl (C=O) groups excluding carboxylic acids is 2. The van der Waals surface area contributed by atoms with E-state index in [1.165, 1.54) is 13.1 Å². The van der Waals surface area contributed by atoms with Gasteiger partial charge in [0.1, 0.15) is 30.1 Å². The number of halogens is 1. The number of nitrogens with zero attached hydrogens (tertiary/aromatic N) is 1. The topological polar surface area (TPSA) is 124 Å². The van der Waals surface area contributed by atoms with Gasteiger partial charge in [-0.05, 0) is 56.4 Å². The molecule has 2 heterocycles. The van der Waals surface area contributed by atoms with Crippen molar-refractivity contribution in [3.05, 3.63) is 54.3 Å². The van der Waals surface area contributed by atoms with Crippen LogP contribution in [0, 0.1) is 0 Å². The maximum atomic E-state index is 15.0. The molecule has 1 amide bonds. The Labute approximate surface area is 215 Å². The highest BCUT2D eigenvalue weighted by Gasteiger charge is 2.49. The van der Waals surface area contributed by atoms with E-state index in [1.807, 2.05) is 0 Å². The summed E-state index contributed by atoms with van der Waals surface area (Å²) in [5.41, 5.74) is 1.31. The van der Waals surface area contributed by atoms with Crippen LogP contribution in [0.1, 0.15) is 39.5 Å². The number of aliphatic hydroxyl groups excluding tert-OH is 1. The number of aliphatic hydroxyl groups is 1. The summed E-state index contributed by atoms with van der Waals surface area (Å²) in [7, 11) is -4.23. The van der Waals surface area contributed by atoms with Gasteiger partial charge in [-0.2, -0.15) is 5.09 Å². The third kappa shape index (κ3) is 6.48. The minimum atomic E-state index is -4.23. The predicted molar refractivity (Wildman–Crippen MR) is 131 cm³/mol. The molecule has 2 N–H and O–H groups in total. The molecule has 10 nitrogen and oxygen atoms in total. The lowest BCUT2D eigenvalue weighted by Crippen LogP contribution is -2.44. The summed E-state index contributed by atoms with van der Waals surface area (Å²) in [5, 5.41) is 13.0. The third-order valence-electron chi connectivity index (χ3n) is 6.53. The van der Waals surface area contributed by atoms with Crippen LogP contribution in [0.2, 0.25) is 0 Å². The summed E-state index contributed by atoms with van der Waals surface area (Å²) in [6, 6.07) is 7.12. The van der Waals surface area contributed by atoms with E-state index >= 15 is 4.39 Å². The van der Waals surface area contributed by atoms with Crippen LogP contribution in [-0.2, 0) is 28.2 Å². The Bertz CT molecular complexity index is 1100. The quantitative estimate of drug-likeness (QED) is 0.341. The average molecular weight is 539 g/mol. The first kappa shape index (κ1) is 27.5. The van der Waals surface area contributed by atoms with Crippen LogP contribution in [0.5, 0.6) is 5.75 Å². The first-order valence-corrected chi connectivity index (χ1v) is 13.7. The van der Waals surface area contributed by atoms with E-state index in [2.05, 4.69) is 11.7 Å². The summed E-state index contributed by atoms with van der Waals surface area (Å²) in [6.07, 6.45) is -2.46. The molecule has 202 valence electrons. The number of amides is 1. The van der Waals surface area contributed by atoms with Gasteiger partial charge in [0, 0.05) is 6.20 Å². The number of hydrogen-bond donors (Lipinski definition) is 2. The molecular weight excluding hydrogens is 506 g/mol. The molecule has 1 aromatic rings. The van der Waals surface area contributed by atoms with E-state index < -0.39 is 56.9 Å². The number of ether oxygens (including phenoxy) is 2. The summed E-state index contributed by atoms with van der Waals surface area (Å²) < 4.78 is 50.8. The van der Waals surface area contributed by atoms with Crippen LogP contribution >= 0.6 is 7.75 Å². The lowest BCUT2D eigenvalue weighted by molar-refractivity contribution is -0.154. The van der Waals surface area contributed by atoms with E-state index in [0.717, 1.165) is 24.2 Å². The summed E-state index contributed by atoms with van der Waals surface area (Å²) >= 11 is 0. The van der Waals surface area contributed by atoms with E-state index in [-0.39, 0.29) is 18.3 Å². The largest absolute Gasteiger partial charge is 0.461 e. The highest BCUT2D eigenvalue weighted by molar-refractivity contribution is 7.52. The molecule has 1 saturated carbocycles. The molecule has 1 aliphatic carbocycles. The standard InChI is InChI=1S/C25H32FN2O8P/c1-15-12-21(29)28(13-16(15)2)24-22(26)23(30)20(35-24)14-33-37(32,36-19-8-5-4-6-9-19)27-17(3)25(31)34-18-10-7-11-18/h4-6,8-9,13,17-18,20,22-24,30H,1,7,10-12,14H2,2-3H3,(H,27,32)/t17-,20-,22+,23-,24-,37-/m0/s1. The number of allylic oxidation sites excluding steroid dienone is 1. The molecule has 37 heavy (non-hydrogen) atoms. The van der Waals surface area contributed by atoms with Crippen molar-refractivity contribution in [2.24, 2.45) is 0 Å². The van der Waals surface area contributed by atoms with E-state index in [4.69, 9.17) is 18.5 Å². The summed E-state index contributed by atoms with van der Waals surface area (Å²) in [5.74, 6) is -0.832. The molecular formula is C25H32FN2O8P. The van der Waals surface area contributed by atoms with Gasteiger partial charge in [-0.1, -0.05) is 24.8 Å². The molecule has 0 radical (unpaired) electrons. The van der Waals surface area contributed by atoms with Crippen LogP contribution in [0.3, 0.4) is 0 Å². The number of carbonyl (C=O) groups is 2. The van der Waals surface area contributed by atoms with Gasteiger partial charge in [-0.3, -0.25) is 19.0 Å². The van der Waals surface area contributed by atoms with E-state index in [0.29, 0.717) is 11.1 Å². The zero-order valence-electron chi connectivity index (χ0n) is 20.7. The molecule has 0 aromatic heterocycles. The molecule has 3 aliphatic rings. The van der Waals surface area contributed by atoms with Crippen molar-refractivity contribution in [3.63, 3.8) is 0 Å². The van der Waals surface area contributed by atoms with Crippen molar-refractivity contribution in [1.29, 1.82) is 0 Å². The van der Waals surface area contributed by atoms with Crippen molar-refractivity contribution in [2.75, 3.05) is 6.61 Å². The zero-order chi connectivity index (χ0) is 26.7. The minimum absolute atomic E-state index is 0.00502. The van der Waals surface area contributed by atoms with Crippen LogP contribution in [0.4, 0.5) is 4.39 Å². The zero-order valence-corrected chi connectivity index (χ0v) is 21.6. The number of benzene rings is 1. The van der Waals surface area contributed by atoms with Gasteiger partial charge in [-0.15, -0.1) is 0 Å². The fourth-order valence-corrected chi connectivity index (χ4v) is 5.49. The van der Waals surface area contributed by atoms with Gasteiger partial charge in [0.05, 0.1) is 13.0 Å². The van der Waals surface area contributed by atoms with Crippen LogP contribution < -0.4 is 9.61 Å². The van der Waals surface area contributed by atoms with Crippen molar-refractivity contribution < 1.29 is 42.2 Å². The molecule has 0 unspecified atom stereocenters. The fourth-order valence-electron chi connectivity index (χ4n) is 3.99. The Morgan fingerprint density at radius 1 is 1.35 bits per heavy atom. The Hall–Kier alpha value is -2.56. The van der Waals surface area contributed by atoms with Gasteiger partial charge in [0.2, 0.25) is 5.91 Å². The molecule has 6 atom stereocenters. The van der Waals surface area contributed by atoms with Gasteiger partial charge in [0.25, 0.3) is 0 Å². The number of rotatable bonds is 10. The Balaban J connectivity index is 1.44. The average Bonchev–Trinajstić information content (AvgIpc) is 3.11. The Morgan fingerprint density at radius 2 is 2.05 bits per heavy atom. The molecule has 12 heteroatoms. The Morgan fingerprint density at radius 3 is 2.70 bits per heavy atom. The highest BCUT2D eigenvalue weighted by Crippen LogP contribution is 2.46. The number of hydrogen-bond acceptors (Lipinski definition) is 8. The predicted octanol–water partition coefficient (Wildman–Crippen LogP) is 3.38. The molecule has 0 bridgehead atoms. The molecule has 2 fully saturated rings. The number of nitrogens with one attached hydrogen (secondary N) is 1. The maximum Gasteiger partial charge on any atom is 0.459 e. The first-order valence-electron chi connectivity index (χ1n) is 12.2. The fraction of sp³-hybridized carbons (Fsp3) is 0.520. The normalized spacial score (nSPS) is 28.8. The molecule has 4 rings (SSSR count). The SMILES string of the molecule is C=C1CC(=O)N([C@H]2O[C@@H](CO[P@@](=O)(N[C@@H](C)C(=O)OC3CCC3)Oc3ccccc3)[C@H](O)[C@H]2F)C=C1C. The third-order valence-corrected chi connectivity index (χ3v) is 8.17. The van der Waals surface area contributed by atoms with E-state index in [9.17, 15) is 19.3 Å². The van der Waals surface area contributed by atoms with Gasteiger partial charge < -0.3 is 19.1 Å². The second-order valence-electron chi connectivity index (χ2n) is 9.43. The van der Waals surface area contributed by atoms with Gasteiger partial charge >= 0.3 is 13.7 Å². The van der Waals surface area contributed by atoms with Crippen LogP contribution in [0.25, 0.3) is 0 Å². The monoisotopic (exact) mass is 538 g/mol. The molecule has 1 aromatic carbocycles. The lowest BCUT2D eigenvalue weighted by Gasteiger charge is -2.31. The number of alkyl halides is 1. The van der Waals surface area contributed by atoms with Crippen LogP contribution in [0.15, 0.2) is 54.3 Å². The lowest BCUT2D eigenvalue weighted by atomic mass is 9.96. The van der Waals surface area contributed by atoms with Crippen molar-refractivity contribution >= 4 is 19.6 Å². The molecule has 2 aliphatic heterocycles. The highest BCUT2D eigenvalue weighted by atomic mass is 31.2. The van der Waals surface area contributed by atoms with Crippen molar-refractivity contribution in [2.45, 2.75) is 76.3 Å². The second-order valence-corrected chi connectivity index (χ2v) is 11.1. The van der Waals surface area contributed by atoms with Crippen molar-refractivity contribution in [1.82, 2.24) is 9.99 Å². The number of para-hydroxylation sites is 1. The minimum Gasteiger partial charge on any atom is -0.461 e. The van der Waals surface area contributed by atoms with Gasteiger partial charge in [0.15, 0.2) is 12.4 Å².